The van der Waals surface area contributed by atoms with Gasteiger partial charge in [-0.05, 0) is 18.1 Å². The van der Waals surface area contributed by atoms with Gasteiger partial charge in [0, 0.05) is 0 Å². The minimum Gasteiger partial charge on any atom is -0.468 e. The summed E-state index contributed by atoms with van der Waals surface area (Å²) in [5.74, 6) is -0.247. The van der Waals surface area contributed by atoms with E-state index in [0.717, 1.165) is 11.1 Å². The number of esters is 1. The number of methoxy groups -OCH3 is 1. The fraction of sp³-hybridized carbons (Fsp3) is 0.286. The van der Waals surface area contributed by atoms with Crippen LogP contribution in [0, 0.1) is 0 Å². The Bertz CT molecular complexity index is 838. The highest BCUT2D eigenvalue weighted by atomic mass is 16.6. The van der Waals surface area contributed by atoms with Crippen molar-refractivity contribution >= 4 is 18.0 Å². The highest BCUT2D eigenvalue weighted by Crippen LogP contribution is 2.30. The number of aliphatic imine (C=N–C) groups is 1. The van der Waals surface area contributed by atoms with Crippen molar-refractivity contribution in [2.75, 3.05) is 7.11 Å². The highest BCUT2D eigenvalue weighted by molar-refractivity contribution is 5.91. The SMILES string of the molecule is COC(=O)[C@H]1N=C([C@H](C)NC(=O)OCc2ccccc2)O[C@@H]1c1ccccc1. The van der Waals surface area contributed by atoms with Crippen molar-refractivity contribution in [1.29, 1.82) is 0 Å². The third-order valence-corrected chi connectivity index (χ3v) is 4.29. The molecular weight excluding hydrogens is 360 g/mol. The summed E-state index contributed by atoms with van der Waals surface area (Å²) in [7, 11) is 1.31. The van der Waals surface area contributed by atoms with Crippen LogP contribution in [-0.2, 0) is 25.6 Å². The van der Waals surface area contributed by atoms with E-state index in [1.165, 1.54) is 7.11 Å². The summed E-state index contributed by atoms with van der Waals surface area (Å²) >= 11 is 0. The number of amides is 1. The third-order valence-electron chi connectivity index (χ3n) is 4.29. The first-order chi connectivity index (χ1) is 13.6. The summed E-state index contributed by atoms with van der Waals surface area (Å²) in [5, 5.41) is 2.67. The lowest BCUT2D eigenvalue weighted by molar-refractivity contribution is -0.143. The minimum atomic E-state index is -0.827. The molecule has 0 unspecified atom stereocenters. The molecule has 0 spiro atoms. The topological polar surface area (TPSA) is 86.2 Å². The van der Waals surface area contributed by atoms with Crippen LogP contribution in [0.5, 0.6) is 0 Å². The van der Waals surface area contributed by atoms with Gasteiger partial charge >= 0.3 is 12.1 Å². The van der Waals surface area contributed by atoms with Crippen LogP contribution in [0.15, 0.2) is 65.7 Å². The Labute approximate surface area is 163 Å². The Balaban J connectivity index is 1.63. The number of ether oxygens (including phenoxy) is 3. The van der Waals surface area contributed by atoms with Crippen molar-refractivity contribution in [3.8, 4) is 0 Å². The zero-order valence-electron chi connectivity index (χ0n) is 15.7. The molecule has 2 aromatic carbocycles. The van der Waals surface area contributed by atoms with Gasteiger partial charge in [-0.2, -0.15) is 0 Å². The molecule has 7 nitrogen and oxygen atoms in total. The van der Waals surface area contributed by atoms with E-state index in [0.29, 0.717) is 0 Å². The fourth-order valence-electron chi connectivity index (χ4n) is 2.84. The van der Waals surface area contributed by atoms with Gasteiger partial charge in [-0.25, -0.2) is 14.6 Å². The summed E-state index contributed by atoms with van der Waals surface area (Å²) in [5.41, 5.74) is 1.69. The number of carbonyl (C=O) groups excluding carboxylic acids is 2. The van der Waals surface area contributed by atoms with E-state index in [1.54, 1.807) is 6.92 Å². The van der Waals surface area contributed by atoms with Gasteiger partial charge < -0.3 is 19.5 Å². The lowest BCUT2D eigenvalue weighted by Crippen LogP contribution is -2.39. The van der Waals surface area contributed by atoms with Crippen molar-refractivity contribution < 1.29 is 23.8 Å². The molecule has 3 atom stereocenters. The number of nitrogens with one attached hydrogen (secondary N) is 1. The van der Waals surface area contributed by atoms with Gasteiger partial charge in [0.25, 0.3) is 0 Å². The van der Waals surface area contributed by atoms with Crippen LogP contribution in [-0.4, -0.2) is 37.2 Å². The maximum Gasteiger partial charge on any atom is 0.408 e. The summed E-state index contributed by atoms with van der Waals surface area (Å²) in [6, 6.07) is 17.3. The molecule has 146 valence electrons. The molecule has 0 fully saturated rings. The second-order valence-corrected chi connectivity index (χ2v) is 6.31. The second kappa shape index (κ2) is 9.03. The van der Waals surface area contributed by atoms with Gasteiger partial charge in [-0.3, -0.25) is 0 Å². The molecule has 1 aliphatic heterocycles. The summed E-state index contributed by atoms with van der Waals surface area (Å²) in [6.07, 6.45) is -1.20. The zero-order chi connectivity index (χ0) is 19.9. The number of rotatable bonds is 6. The lowest BCUT2D eigenvalue weighted by Gasteiger charge is -2.18. The van der Waals surface area contributed by atoms with Gasteiger partial charge in [0.05, 0.1) is 7.11 Å². The molecule has 0 bridgehead atoms. The van der Waals surface area contributed by atoms with E-state index >= 15 is 0 Å². The number of carbonyl (C=O) groups is 2. The monoisotopic (exact) mass is 382 g/mol. The smallest absolute Gasteiger partial charge is 0.408 e. The summed E-state index contributed by atoms with van der Waals surface area (Å²) < 4.78 is 15.9. The minimum absolute atomic E-state index is 0.157. The first-order valence-electron chi connectivity index (χ1n) is 8.93. The van der Waals surface area contributed by atoms with Gasteiger partial charge in [0.1, 0.15) is 12.6 Å². The van der Waals surface area contributed by atoms with E-state index < -0.39 is 30.3 Å². The first-order valence-corrected chi connectivity index (χ1v) is 8.93. The third kappa shape index (κ3) is 4.68. The molecule has 0 aliphatic carbocycles. The summed E-state index contributed by atoms with van der Waals surface area (Å²) in [6.45, 7) is 1.87. The average molecular weight is 382 g/mol. The standard InChI is InChI=1S/C21H22N2O5/c1-14(22-21(25)27-13-15-9-5-3-6-10-15)19-23-17(20(24)26-2)18(28-19)16-11-7-4-8-12-16/h3-12,14,17-18H,13H2,1-2H3,(H,22,25)/t14-,17-,18+/m0/s1. The number of hydrogen-bond acceptors (Lipinski definition) is 6. The number of hydrogen-bond donors (Lipinski definition) is 1. The van der Waals surface area contributed by atoms with Crippen LogP contribution in [0.1, 0.15) is 24.2 Å². The normalized spacial score (nSPS) is 19.1. The van der Waals surface area contributed by atoms with Crippen LogP contribution in [0.4, 0.5) is 4.79 Å². The number of alkyl carbamates (subject to hydrolysis) is 1. The molecule has 0 radical (unpaired) electrons. The van der Waals surface area contributed by atoms with E-state index in [9.17, 15) is 9.59 Å². The van der Waals surface area contributed by atoms with Crippen LogP contribution in [0.25, 0.3) is 0 Å². The molecule has 1 aliphatic rings. The maximum atomic E-state index is 12.1. The van der Waals surface area contributed by atoms with E-state index in [-0.39, 0.29) is 12.5 Å². The predicted molar refractivity (Wildman–Crippen MR) is 103 cm³/mol. The molecule has 1 heterocycles. The molecule has 0 aromatic heterocycles. The van der Waals surface area contributed by atoms with Crippen LogP contribution in [0.3, 0.4) is 0 Å². The molecule has 2 aromatic rings. The molecule has 0 saturated heterocycles. The Kier molecular flexibility index (Phi) is 6.26. The lowest BCUT2D eigenvalue weighted by atomic mass is 10.0. The van der Waals surface area contributed by atoms with Crippen molar-refractivity contribution in [2.24, 2.45) is 4.99 Å². The molecule has 0 saturated carbocycles. The Morgan fingerprint density at radius 3 is 2.39 bits per heavy atom. The predicted octanol–water partition coefficient (Wildman–Crippen LogP) is 3.01. The molecular formula is C21H22N2O5. The Hall–Kier alpha value is -3.35. The molecule has 3 rings (SSSR count). The van der Waals surface area contributed by atoms with E-state index in [2.05, 4.69) is 10.3 Å². The van der Waals surface area contributed by atoms with Crippen LogP contribution in [0.2, 0.25) is 0 Å². The highest BCUT2D eigenvalue weighted by Gasteiger charge is 2.40. The largest absolute Gasteiger partial charge is 0.468 e. The van der Waals surface area contributed by atoms with E-state index in [1.807, 2.05) is 60.7 Å². The van der Waals surface area contributed by atoms with Crippen molar-refractivity contribution in [2.45, 2.75) is 31.7 Å². The number of benzene rings is 2. The van der Waals surface area contributed by atoms with Crippen molar-refractivity contribution in [3.63, 3.8) is 0 Å². The Morgan fingerprint density at radius 2 is 1.75 bits per heavy atom. The van der Waals surface area contributed by atoms with Gasteiger partial charge in [-0.1, -0.05) is 60.7 Å². The first kappa shape index (κ1) is 19.4. The quantitative estimate of drug-likeness (QED) is 0.776. The zero-order valence-corrected chi connectivity index (χ0v) is 15.7. The van der Waals surface area contributed by atoms with Crippen molar-refractivity contribution in [1.82, 2.24) is 5.32 Å². The van der Waals surface area contributed by atoms with Crippen molar-refractivity contribution in [3.05, 3.63) is 71.8 Å². The van der Waals surface area contributed by atoms with Gasteiger partial charge in [-0.15, -0.1) is 0 Å². The molecule has 1 N–H and O–H groups in total. The van der Waals surface area contributed by atoms with Crippen LogP contribution >= 0.6 is 0 Å². The van der Waals surface area contributed by atoms with E-state index in [4.69, 9.17) is 14.2 Å². The molecule has 28 heavy (non-hydrogen) atoms. The number of nitrogens with zero attached hydrogens (tertiary/aromatic N) is 1. The Morgan fingerprint density at radius 1 is 1.11 bits per heavy atom. The van der Waals surface area contributed by atoms with Crippen LogP contribution < -0.4 is 5.32 Å². The van der Waals surface area contributed by atoms with Gasteiger partial charge in [0.2, 0.25) is 5.90 Å². The maximum absolute atomic E-state index is 12.1. The van der Waals surface area contributed by atoms with Gasteiger partial charge in [0.15, 0.2) is 12.1 Å². The second-order valence-electron chi connectivity index (χ2n) is 6.31. The molecule has 1 amide bonds. The average Bonchev–Trinajstić information content (AvgIpc) is 3.19. The molecule has 7 heteroatoms. The fourth-order valence-corrected chi connectivity index (χ4v) is 2.84. The summed E-state index contributed by atoms with van der Waals surface area (Å²) in [4.78, 5) is 28.5.